The van der Waals surface area contributed by atoms with Gasteiger partial charge in [0.05, 0.1) is 10.6 Å². The number of benzene rings is 1. The van der Waals surface area contributed by atoms with Crippen molar-refractivity contribution >= 4 is 23.3 Å². The number of nitro groups is 1. The lowest BCUT2D eigenvalue weighted by Gasteiger charge is -2.02. The van der Waals surface area contributed by atoms with Crippen molar-refractivity contribution in [3.63, 3.8) is 0 Å². The number of nitrogens with two attached hydrogens (primary N) is 1. The molecular weight excluding hydrogens is 292 g/mol. The zero-order valence-electron chi connectivity index (χ0n) is 11.5. The number of hydrogen-bond donors (Lipinski definition) is 2. The highest BCUT2D eigenvalue weighted by Gasteiger charge is 2.07. The lowest BCUT2D eigenvalue weighted by atomic mass is 10.1. The van der Waals surface area contributed by atoms with Crippen molar-refractivity contribution in [3.8, 4) is 0 Å². The molecule has 0 fully saturated rings. The molecular formula is C11H12N8O3. The summed E-state index contributed by atoms with van der Waals surface area (Å²) in [5.74, 6) is -0.489. The Kier molecular flexibility index (Phi) is 4.36. The van der Waals surface area contributed by atoms with Crippen molar-refractivity contribution in [2.45, 2.75) is 13.5 Å². The zero-order chi connectivity index (χ0) is 16.1. The first-order valence-corrected chi connectivity index (χ1v) is 6.07. The largest absolute Gasteiger partial charge is 0.365 e. The Bertz CT molecular complexity index is 721. The number of aromatic nitrogens is 4. The van der Waals surface area contributed by atoms with E-state index in [2.05, 4.69) is 25.9 Å². The molecule has 0 saturated carbocycles. The van der Waals surface area contributed by atoms with Crippen LogP contribution in [0, 0.1) is 10.1 Å². The molecule has 0 unspecified atom stereocenters. The third-order valence-electron chi connectivity index (χ3n) is 2.60. The number of hydrazone groups is 1. The van der Waals surface area contributed by atoms with Crippen LogP contribution in [0.4, 0.5) is 11.6 Å². The molecule has 3 N–H and O–H groups in total. The fraction of sp³-hybridized carbons (Fsp3) is 0.182. The maximum Gasteiger partial charge on any atom is 0.269 e. The summed E-state index contributed by atoms with van der Waals surface area (Å²) in [5.41, 5.74) is 8.72. The number of non-ortho nitro benzene ring substituents is 1. The molecule has 0 radical (unpaired) electrons. The van der Waals surface area contributed by atoms with Gasteiger partial charge in [-0.25, -0.2) is 5.43 Å². The molecule has 1 amide bonds. The lowest BCUT2D eigenvalue weighted by molar-refractivity contribution is -0.384. The van der Waals surface area contributed by atoms with E-state index >= 15 is 0 Å². The molecule has 0 bridgehead atoms. The minimum Gasteiger partial charge on any atom is -0.365 e. The average Bonchev–Trinajstić information content (AvgIpc) is 2.90. The Labute approximate surface area is 124 Å². The van der Waals surface area contributed by atoms with Crippen molar-refractivity contribution in [1.29, 1.82) is 0 Å². The van der Waals surface area contributed by atoms with Crippen LogP contribution >= 0.6 is 0 Å². The Morgan fingerprint density at radius 1 is 1.45 bits per heavy atom. The maximum absolute atomic E-state index is 11.6. The number of anilines is 1. The van der Waals surface area contributed by atoms with Gasteiger partial charge in [0.15, 0.2) is 0 Å². The molecule has 114 valence electrons. The summed E-state index contributed by atoms with van der Waals surface area (Å²) in [6, 6.07) is 5.81. The number of tetrazole rings is 1. The van der Waals surface area contributed by atoms with Gasteiger partial charge in [-0.2, -0.15) is 9.90 Å². The van der Waals surface area contributed by atoms with E-state index in [9.17, 15) is 14.9 Å². The van der Waals surface area contributed by atoms with Crippen molar-refractivity contribution < 1.29 is 9.72 Å². The summed E-state index contributed by atoms with van der Waals surface area (Å²) in [4.78, 5) is 22.7. The number of nitrogens with zero attached hydrogens (tertiary/aromatic N) is 6. The third-order valence-corrected chi connectivity index (χ3v) is 2.60. The highest BCUT2D eigenvalue weighted by molar-refractivity contribution is 5.99. The maximum atomic E-state index is 11.6. The first-order valence-electron chi connectivity index (χ1n) is 6.07. The van der Waals surface area contributed by atoms with Gasteiger partial charge in [0, 0.05) is 12.1 Å². The minimum atomic E-state index is -0.491. The molecule has 0 saturated heterocycles. The molecule has 1 aromatic carbocycles. The topological polar surface area (TPSA) is 154 Å². The molecule has 0 aliphatic rings. The molecule has 11 heteroatoms. The number of nitrogens with one attached hydrogen (secondary N) is 1. The van der Waals surface area contributed by atoms with Crippen LogP contribution in [0.15, 0.2) is 29.4 Å². The summed E-state index contributed by atoms with van der Waals surface area (Å²) >= 11 is 0. The summed E-state index contributed by atoms with van der Waals surface area (Å²) in [5, 5.41) is 25.1. The van der Waals surface area contributed by atoms with Gasteiger partial charge in [0.25, 0.3) is 17.5 Å². The standard InChI is InChI=1S/C11H12N8O3/c1-7(8-2-4-9(5-3-8)19(21)22)13-14-10(20)6-18-16-11(12)15-17-18/h2-5H,6H2,1H3,(H2,12,16)(H,14,20)/b13-7-. The van der Waals surface area contributed by atoms with E-state index < -0.39 is 10.8 Å². The average molecular weight is 304 g/mol. The van der Waals surface area contributed by atoms with Gasteiger partial charge in [-0.15, -0.1) is 5.10 Å². The van der Waals surface area contributed by atoms with Crippen LogP contribution in [0.1, 0.15) is 12.5 Å². The van der Waals surface area contributed by atoms with E-state index in [1.165, 1.54) is 12.1 Å². The molecule has 2 aromatic rings. The Morgan fingerprint density at radius 3 is 2.68 bits per heavy atom. The van der Waals surface area contributed by atoms with Gasteiger partial charge >= 0.3 is 0 Å². The zero-order valence-corrected chi connectivity index (χ0v) is 11.5. The predicted octanol–water partition coefficient (Wildman–Crippen LogP) is -0.296. The summed E-state index contributed by atoms with van der Waals surface area (Å²) in [7, 11) is 0. The van der Waals surface area contributed by atoms with Gasteiger partial charge < -0.3 is 5.73 Å². The smallest absolute Gasteiger partial charge is 0.269 e. The van der Waals surface area contributed by atoms with Crippen LogP contribution < -0.4 is 11.2 Å². The molecule has 0 aliphatic heterocycles. The number of hydrogen-bond acceptors (Lipinski definition) is 8. The first-order chi connectivity index (χ1) is 10.5. The molecule has 0 aliphatic carbocycles. The number of amides is 1. The van der Waals surface area contributed by atoms with E-state index in [0.29, 0.717) is 11.3 Å². The molecule has 11 nitrogen and oxygen atoms in total. The van der Waals surface area contributed by atoms with Gasteiger partial charge in [-0.1, -0.05) is 5.10 Å². The minimum absolute atomic E-state index is 0.0181. The highest BCUT2D eigenvalue weighted by Crippen LogP contribution is 2.12. The van der Waals surface area contributed by atoms with E-state index in [4.69, 9.17) is 5.73 Å². The van der Waals surface area contributed by atoms with Crippen LogP contribution in [0.5, 0.6) is 0 Å². The molecule has 1 heterocycles. The fourth-order valence-corrected chi connectivity index (χ4v) is 1.52. The number of carbonyl (C=O) groups excluding carboxylic acids is 1. The fourth-order valence-electron chi connectivity index (χ4n) is 1.52. The van der Waals surface area contributed by atoms with Gasteiger partial charge in [0.1, 0.15) is 6.54 Å². The Morgan fingerprint density at radius 2 is 2.14 bits per heavy atom. The molecule has 2 rings (SSSR count). The second-order valence-electron chi connectivity index (χ2n) is 4.21. The Balaban J connectivity index is 1.96. The van der Waals surface area contributed by atoms with Crippen molar-refractivity contribution in [3.05, 3.63) is 39.9 Å². The van der Waals surface area contributed by atoms with Crippen molar-refractivity contribution in [1.82, 2.24) is 25.6 Å². The normalized spacial score (nSPS) is 11.2. The highest BCUT2D eigenvalue weighted by atomic mass is 16.6. The molecule has 0 spiro atoms. The number of nitro benzene ring substituents is 1. The van der Waals surface area contributed by atoms with Gasteiger partial charge in [0.2, 0.25) is 0 Å². The third kappa shape index (κ3) is 3.82. The van der Waals surface area contributed by atoms with Gasteiger partial charge in [-0.3, -0.25) is 14.9 Å². The van der Waals surface area contributed by atoms with Crippen LogP contribution in [0.2, 0.25) is 0 Å². The second-order valence-corrected chi connectivity index (χ2v) is 4.21. The lowest BCUT2D eigenvalue weighted by Crippen LogP contribution is -2.25. The summed E-state index contributed by atoms with van der Waals surface area (Å²) < 4.78 is 0. The van der Waals surface area contributed by atoms with Crippen LogP contribution in [-0.4, -0.2) is 36.7 Å². The Hall–Kier alpha value is -3.37. The monoisotopic (exact) mass is 304 g/mol. The molecule has 1 aromatic heterocycles. The number of carbonyl (C=O) groups is 1. The van der Waals surface area contributed by atoms with E-state index in [1.807, 2.05) is 0 Å². The van der Waals surface area contributed by atoms with E-state index in [0.717, 1.165) is 4.80 Å². The summed E-state index contributed by atoms with van der Waals surface area (Å²) in [6.45, 7) is 1.48. The SMILES string of the molecule is C/C(=N/NC(=O)Cn1nnc(N)n1)c1ccc([N+](=O)[O-])cc1. The van der Waals surface area contributed by atoms with E-state index in [-0.39, 0.29) is 18.2 Å². The summed E-state index contributed by atoms with van der Waals surface area (Å²) in [6.07, 6.45) is 0. The number of rotatable bonds is 5. The predicted molar refractivity (Wildman–Crippen MR) is 75.7 cm³/mol. The van der Waals surface area contributed by atoms with Gasteiger partial charge in [-0.05, 0) is 29.8 Å². The van der Waals surface area contributed by atoms with Crippen molar-refractivity contribution in [2.75, 3.05) is 5.73 Å². The van der Waals surface area contributed by atoms with Crippen molar-refractivity contribution in [2.24, 2.45) is 5.10 Å². The van der Waals surface area contributed by atoms with E-state index in [1.54, 1.807) is 19.1 Å². The van der Waals surface area contributed by atoms with Crippen LogP contribution in [-0.2, 0) is 11.3 Å². The van der Waals surface area contributed by atoms with Crippen LogP contribution in [0.3, 0.4) is 0 Å². The molecule has 22 heavy (non-hydrogen) atoms. The van der Waals surface area contributed by atoms with Crippen LogP contribution in [0.25, 0.3) is 0 Å². The molecule has 0 atom stereocenters. The first kappa shape index (κ1) is 15.0. The second kappa shape index (κ2) is 6.39. The quantitative estimate of drug-likeness (QED) is 0.436. The number of nitrogen functional groups attached to an aromatic ring is 1.